The summed E-state index contributed by atoms with van der Waals surface area (Å²) in [7, 11) is -4.71. The molecular weight excluding hydrogens is 577 g/mol. The highest BCUT2D eigenvalue weighted by Crippen LogP contribution is 2.38. The molecule has 1 aliphatic carbocycles. The number of hydrogen-bond donors (Lipinski definition) is 0. The van der Waals surface area contributed by atoms with Crippen LogP contribution in [0, 0.1) is 13.8 Å². The molecule has 246 valence electrons. The molecule has 1 aliphatic rings. The summed E-state index contributed by atoms with van der Waals surface area (Å²) in [5, 5.41) is 0. The first kappa shape index (κ1) is 36.5. The normalized spacial score (nSPS) is 13.5. The maximum absolute atomic E-state index is 12.6. The number of unbranched alkanes of at least 4 members (excludes halogenated alkanes) is 4. The fourth-order valence-electron chi connectivity index (χ4n) is 6.63. The highest BCUT2D eigenvalue weighted by molar-refractivity contribution is 7.85. The topological polar surface area (TPSA) is 63.5 Å². The minimum atomic E-state index is -4.71. The molecule has 0 radical (unpaired) electrons. The van der Waals surface area contributed by atoms with Gasteiger partial charge in [0.1, 0.15) is 23.2 Å². The quantitative estimate of drug-likeness (QED) is 0.137. The standard InChI is InChI=1S/C39H56N2O3S/c1-9-13-21-40(22-14-10-2)38-29(5)25-33(26-30(38)6)37(35-19-17-18-20-36(35)45(42,43)44)34-27-31(7)39(32(8)28-34)41(23-15-11-3)24-16-12-4/h17-20,25-28H,9-16,21-24H2,1-8H3. The summed E-state index contributed by atoms with van der Waals surface area (Å²) in [6.07, 6.45) is 13.5. The number of nitrogens with zero attached hydrogens (tertiary/aromatic N) is 2. The van der Waals surface area contributed by atoms with Gasteiger partial charge in [0.25, 0.3) is 0 Å². The second-order valence-corrected chi connectivity index (χ2v) is 14.0. The Morgan fingerprint density at radius 2 is 1.24 bits per heavy atom. The number of aryl methyl sites for hydroxylation is 2. The molecule has 3 rings (SSSR count). The zero-order valence-electron chi connectivity index (χ0n) is 29.1. The Bertz CT molecular complexity index is 1500. The molecule has 0 aliphatic heterocycles. The zero-order valence-corrected chi connectivity index (χ0v) is 29.9. The van der Waals surface area contributed by atoms with Crippen LogP contribution >= 0.6 is 0 Å². The fraction of sp³-hybridized carbons (Fsp3) is 0.513. The minimum absolute atomic E-state index is 0.182. The molecule has 0 unspecified atom stereocenters. The van der Waals surface area contributed by atoms with Crippen molar-refractivity contribution in [3.63, 3.8) is 0 Å². The fourth-order valence-corrected chi connectivity index (χ4v) is 7.32. The van der Waals surface area contributed by atoms with E-state index < -0.39 is 10.1 Å². The van der Waals surface area contributed by atoms with Gasteiger partial charge in [0.15, 0.2) is 0 Å². The van der Waals surface area contributed by atoms with Crippen LogP contribution in [-0.2, 0) is 10.1 Å². The minimum Gasteiger partial charge on any atom is -0.744 e. The Hall–Kier alpha value is -2.96. The van der Waals surface area contributed by atoms with Crippen LogP contribution in [0.3, 0.4) is 0 Å². The van der Waals surface area contributed by atoms with E-state index in [4.69, 9.17) is 0 Å². The van der Waals surface area contributed by atoms with Gasteiger partial charge < -0.3 is 9.45 Å². The Labute approximate surface area is 274 Å². The van der Waals surface area contributed by atoms with E-state index in [-0.39, 0.29) is 4.90 Å². The third-order valence-corrected chi connectivity index (χ3v) is 9.64. The van der Waals surface area contributed by atoms with Gasteiger partial charge in [-0.25, -0.2) is 13.0 Å². The number of allylic oxidation sites excluding steroid dienone is 5. The third-order valence-electron chi connectivity index (χ3n) is 8.74. The number of hydrogen-bond acceptors (Lipinski definition) is 4. The number of rotatable bonds is 16. The molecule has 0 saturated carbocycles. The van der Waals surface area contributed by atoms with Crippen LogP contribution in [0.2, 0.25) is 0 Å². The van der Waals surface area contributed by atoms with E-state index in [1.54, 1.807) is 12.1 Å². The number of anilines is 1. The number of benzene rings is 2. The lowest BCUT2D eigenvalue weighted by Crippen LogP contribution is -2.27. The first-order valence-electron chi connectivity index (χ1n) is 17.1. The molecule has 45 heavy (non-hydrogen) atoms. The van der Waals surface area contributed by atoms with Gasteiger partial charge in [-0.3, -0.25) is 0 Å². The highest BCUT2D eigenvalue weighted by Gasteiger charge is 2.26. The van der Waals surface area contributed by atoms with E-state index in [1.807, 2.05) is 6.07 Å². The van der Waals surface area contributed by atoms with Crippen molar-refractivity contribution < 1.29 is 17.5 Å². The van der Waals surface area contributed by atoms with Gasteiger partial charge in [0.05, 0.1) is 4.90 Å². The van der Waals surface area contributed by atoms with Crippen LogP contribution in [0.15, 0.2) is 70.2 Å². The third kappa shape index (κ3) is 9.29. The van der Waals surface area contributed by atoms with Crippen LogP contribution in [0.5, 0.6) is 0 Å². The zero-order chi connectivity index (χ0) is 33.1. The van der Waals surface area contributed by atoms with Gasteiger partial charge in [0, 0.05) is 48.3 Å². The molecule has 2 aromatic carbocycles. The van der Waals surface area contributed by atoms with E-state index in [2.05, 4.69) is 89.2 Å². The summed E-state index contributed by atoms with van der Waals surface area (Å²) in [5.41, 5.74) is 10.2. The lowest BCUT2D eigenvalue weighted by Gasteiger charge is -2.29. The van der Waals surface area contributed by atoms with E-state index in [1.165, 1.54) is 17.5 Å². The van der Waals surface area contributed by atoms with Crippen LogP contribution in [0.25, 0.3) is 5.57 Å². The molecule has 0 saturated heterocycles. The van der Waals surface area contributed by atoms with E-state index in [0.717, 1.165) is 117 Å². The molecule has 6 heteroatoms. The molecule has 0 bridgehead atoms. The van der Waals surface area contributed by atoms with Crippen LogP contribution in [0.4, 0.5) is 5.69 Å². The molecule has 0 N–H and O–H groups in total. The Morgan fingerprint density at radius 1 is 0.756 bits per heavy atom. The van der Waals surface area contributed by atoms with Gasteiger partial charge in [-0.1, -0.05) is 71.6 Å². The van der Waals surface area contributed by atoms with Crippen LogP contribution in [0.1, 0.15) is 115 Å². The maximum Gasteiger partial charge on any atom is 0.205 e. The average Bonchev–Trinajstić information content (AvgIpc) is 2.98. The average molecular weight is 633 g/mol. The molecule has 0 heterocycles. The van der Waals surface area contributed by atoms with Gasteiger partial charge >= 0.3 is 0 Å². The predicted molar refractivity (Wildman–Crippen MR) is 191 cm³/mol. The molecule has 0 spiro atoms. The molecular formula is C39H56N2O3S. The Morgan fingerprint density at radius 3 is 1.71 bits per heavy atom. The summed E-state index contributed by atoms with van der Waals surface area (Å²) in [6, 6.07) is 11.0. The van der Waals surface area contributed by atoms with Crippen molar-refractivity contribution in [1.29, 1.82) is 0 Å². The van der Waals surface area contributed by atoms with Crippen molar-refractivity contribution in [1.82, 2.24) is 0 Å². The van der Waals surface area contributed by atoms with Gasteiger partial charge in [-0.2, -0.15) is 0 Å². The molecule has 5 nitrogen and oxygen atoms in total. The van der Waals surface area contributed by atoms with Crippen molar-refractivity contribution in [3.8, 4) is 0 Å². The first-order valence-corrected chi connectivity index (χ1v) is 18.5. The van der Waals surface area contributed by atoms with Gasteiger partial charge in [0.2, 0.25) is 5.71 Å². The molecule has 0 fully saturated rings. The smallest absolute Gasteiger partial charge is 0.205 e. The van der Waals surface area contributed by atoms with Crippen molar-refractivity contribution in [3.05, 3.63) is 87.5 Å². The van der Waals surface area contributed by atoms with Crippen molar-refractivity contribution >= 4 is 27.1 Å². The Kier molecular flexibility index (Phi) is 13.9. The second-order valence-electron chi connectivity index (χ2n) is 12.6. The second kappa shape index (κ2) is 17.1. The van der Waals surface area contributed by atoms with E-state index >= 15 is 0 Å². The van der Waals surface area contributed by atoms with Gasteiger partial charge in [-0.15, -0.1) is 0 Å². The monoisotopic (exact) mass is 632 g/mol. The summed E-state index contributed by atoms with van der Waals surface area (Å²) >= 11 is 0. The molecule has 0 atom stereocenters. The largest absolute Gasteiger partial charge is 0.744 e. The molecule has 0 aromatic heterocycles. The van der Waals surface area contributed by atoms with E-state index in [9.17, 15) is 13.0 Å². The summed E-state index contributed by atoms with van der Waals surface area (Å²) in [6.45, 7) is 21.6. The van der Waals surface area contributed by atoms with Crippen molar-refractivity contribution in [2.75, 3.05) is 31.1 Å². The first-order chi connectivity index (χ1) is 21.5. The SMILES string of the molecule is CCCCN(CCCC)c1c(C)cc(C(=C2C=C(C)C(=[N+](CCCC)CCCC)C(C)=C2)c2ccccc2S(=O)(=O)[O-])cc1C. The molecule has 2 aromatic rings. The van der Waals surface area contributed by atoms with Crippen molar-refractivity contribution in [2.45, 2.75) is 112 Å². The highest BCUT2D eigenvalue weighted by atomic mass is 32.2. The van der Waals surface area contributed by atoms with Crippen LogP contribution in [-0.4, -0.2) is 49.4 Å². The van der Waals surface area contributed by atoms with Crippen molar-refractivity contribution in [2.24, 2.45) is 0 Å². The predicted octanol–water partition coefficient (Wildman–Crippen LogP) is 9.38. The van der Waals surface area contributed by atoms with Gasteiger partial charge in [-0.05, 0) is 98.7 Å². The summed E-state index contributed by atoms with van der Waals surface area (Å²) in [4.78, 5) is 2.33. The lowest BCUT2D eigenvalue weighted by atomic mass is 9.85. The summed E-state index contributed by atoms with van der Waals surface area (Å²) in [5.74, 6) is 0. The van der Waals surface area contributed by atoms with E-state index in [0.29, 0.717) is 5.56 Å². The van der Waals surface area contributed by atoms with Crippen LogP contribution < -0.4 is 4.90 Å². The maximum atomic E-state index is 12.6. The summed E-state index contributed by atoms with van der Waals surface area (Å²) < 4.78 is 40.3. The molecule has 0 amide bonds. The Balaban J connectivity index is 2.35. The lowest BCUT2D eigenvalue weighted by molar-refractivity contribution is -0.528.